The van der Waals surface area contributed by atoms with Crippen LogP contribution in [0.5, 0.6) is 0 Å². The van der Waals surface area contributed by atoms with E-state index in [1.54, 1.807) is 0 Å². The van der Waals surface area contributed by atoms with Crippen molar-refractivity contribution in [2.75, 3.05) is 6.54 Å². The first-order valence-electron chi connectivity index (χ1n) is 7.03. The maximum Gasteiger partial charge on any atom is 0.0691 e. The normalized spacial score (nSPS) is 13.3. The maximum absolute atomic E-state index is 9.59. The predicted octanol–water partition coefficient (Wildman–Crippen LogP) is 2.77. The molecule has 2 aromatic rings. The van der Waals surface area contributed by atoms with Crippen LogP contribution < -0.4 is 5.32 Å². The van der Waals surface area contributed by atoms with E-state index < -0.39 is 0 Å². The van der Waals surface area contributed by atoms with Crippen molar-refractivity contribution in [1.29, 1.82) is 0 Å². The van der Waals surface area contributed by atoms with Crippen LogP contribution in [0.3, 0.4) is 0 Å². The highest BCUT2D eigenvalue weighted by Crippen LogP contribution is 2.20. The number of nitrogens with one attached hydrogen (secondary N) is 1. The Balaban J connectivity index is 2.24. The van der Waals surface area contributed by atoms with Crippen molar-refractivity contribution in [2.24, 2.45) is 5.92 Å². The molecule has 0 aliphatic heterocycles. The summed E-state index contributed by atoms with van der Waals surface area (Å²) < 4.78 is 2.15. The number of para-hydroxylation sites is 1. The quantitative estimate of drug-likeness (QED) is 0.838. The fourth-order valence-electron chi connectivity index (χ4n) is 2.42. The number of nitrogens with zero attached hydrogens (tertiary/aromatic N) is 1. The van der Waals surface area contributed by atoms with E-state index >= 15 is 0 Å². The molecule has 19 heavy (non-hydrogen) atoms. The molecule has 1 atom stereocenters. The molecule has 1 aromatic carbocycles. The van der Waals surface area contributed by atoms with Gasteiger partial charge in [0.2, 0.25) is 0 Å². The van der Waals surface area contributed by atoms with Crippen LogP contribution in [0.15, 0.2) is 30.5 Å². The summed E-state index contributed by atoms with van der Waals surface area (Å²) in [5.74, 6) is 0.656. The van der Waals surface area contributed by atoms with E-state index in [4.69, 9.17) is 0 Å². The summed E-state index contributed by atoms with van der Waals surface area (Å²) >= 11 is 0. The molecule has 0 saturated carbocycles. The zero-order chi connectivity index (χ0) is 13.8. The second-order valence-electron chi connectivity index (χ2n) is 5.70. The van der Waals surface area contributed by atoms with Crippen molar-refractivity contribution in [1.82, 2.24) is 9.88 Å². The number of fused-ring (bicyclic) bond motifs is 1. The van der Waals surface area contributed by atoms with Crippen LogP contribution in [0.25, 0.3) is 10.9 Å². The summed E-state index contributed by atoms with van der Waals surface area (Å²) in [5, 5.41) is 14.3. The molecular formula is C16H24N2O. The first-order valence-corrected chi connectivity index (χ1v) is 7.03. The molecule has 3 heteroatoms. The predicted molar refractivity (Wildman–Crippen MR) is 80.2 cm³/mol. The number of aliphatic hydroxyl groups excluding tert-OH is 1. The van der Waals surface area contributed by atoms with Gasteiger partial charge in [-0.05, 0) is 36.4 Å². The van der Waals surface area contributed by atoms with Gasteiger partial charge in [-0.25, -0.2) is 0 Å². The lowest BCUT2D eigenvalue weighted by Crippen LogP contribution is -2.20. The van der Waals surface area contributed by atoms with Crippen LogP contribution >= 0.6 is 0 Å². The summed E-state index contributed by atoms with van der Waals surface area (Å²) in [6, 6.07) is 8.50. The summed E-state index contributed by atoms with van der Waals surface area (Å²) in [6.45, 7) is 8.79. The minimum absolute atomic E-state index is 0.327. The van der Waals surface area contributed by atoms with Crippen LogP contribution in [-0.2, 0) is 13.1 Å². The second kappa shape index (κ2) is 6.22. The standard InChI is InChI=1S/C16H24N2O/c1-12(2)9-17-10-15-6-4-5-14-7-8-18(16(14)15)11-13(3)19/h4-8,12-13,17,19H,9-11H2,1-3H3. The minimum atomic E-state index is -0.327. The third-order valence-corrected chi connectivity index (χ3v) is 3.20. The maximum atomic E-state index is 9.59. The van der Waals surface area contributed by atoms with Crippen molar-refractivity contribution >= 4 is 10.9 Å². The molecule has 2 N–H and O–H groups in total. The Morgan fingerprint density at radius 3 is 2.68 bits per heavy atom. The van der Waals surface area contributed by atoms with E-state index in [0.29, 0.717) is 12.5 Å². The van der Waals surface area contributed by atoms with Gasteiger partial charge in [-0.15, -0.1) is 0 Å². The lowest BCUT2D eigenvalue weighted by molar-refractivity contribution is 0.175. The van der Waals surface area contributed by atoms with Gasteiger partial charge < -0.3 is 15.0 Å². The summed E-state index contributed by atoms with van der Waals surface area (Å²) in [6.07, 6.45) is 1.73. The molecule has 3 nitrogen and oxygen atoms in total. The zero-order valence-corrected chi connectivity index (χ0v) is 12.1. The van der Waals surface area contributed by atoms with Crippen molar-refractivity contribution in [3.63, 3.8) is 0 Å². The van der Waals surface area contributed by atoms with Crippen LogP contribution in [0.2, 0.25) is 0 Å². The number of hydrogen-bond acceptors (Lipinski definition) is 2. The molecular weight excluding hydrogens is 236 g/mol. The molecule has 1 unspecified atom stereocenters. The third-order valence-electron chi connectivity index (χ3n) is 3.20. The zero-order valence-electron chi connectivity index (χ0n) is 12.1. The van der Waals surface area contributed by atoms with Gasteiger partial charge in [0, 0.05) is 19.3 Å². The summed E-state index contributed by atoms with van der Waals surface area (Å²) in [7, 11) is 0. The van der Waals surface area contributed by atoms with Crippen LogP contribution in [0, 0.1) is 5.92 Å². The van der Waals surface area contributed by atoms with Gasteiger partial charge in [-0.2, -0.15) is 0 Å². The molecule has 0 bridgehead atoms. The molecule has 0 amide bonds. The van der Waals surface area contributed by atoms with Crippen molar-refractivity contribution in [3.8, 4) is 0 Å². The monoisotopic (exact) mass is 260 g/mol. The Hall–Kier alpha value is -1.32. The largest absolute Gasteiger partial charge is 0.392 e. The SMILES string of the molecule is CC(C)CNCc1cccc2ccn(CC(C)O)c12. The number of benzene rings is 1. The topological polar surface area (TPSA) is 37.2 Å². The van der Waals surface area contributed by atoms with Crippen molar-refractivity contribution < 1.29 is 5.11 Å². The molecule has 1 heterocycles. The van der Waals surface area contributed by atoms with Gasteiger partial charge >= 0.3 is 0 Å². The number of hydrogen-bond donors (Lipinski definition) is 2. The Bertz CT molecular complexity index is 529. The second-order valence-corrected chi connectivity index (χ2v) is 5.70. The van der Waals surface area contributed by atoms with Crippen LogP contribution in [0.4, 0.5) is 0 Å². The lowest BCUT2D eigenvalue weighted by Gasteiger charge is -2.13. The molecule has 1 aromatic heterocycles. The molecule has 0 fully saturated rings. The van der Waals surface area contributed by atoms with E-state index in [1.807, 2.05) is 6.92 Å². The average Bonchev–Trinajstić information content (AvgIpc) is 2.72. The van der Waals surface area contributed by atoms with Crippen LogP contribution in [-0.4, -0.2) is 22.3 Å². The van der Waals surface area contributed by atoms with E-state index in [0.717, 1.165) is 13.1 Å². The first-order chi connectivity index (χ1) is 9.08. The van der Waals surface area contributed by atoms with Gasteiger partial charge in [0.05, 0.1) is 11.6 Å². The Morgan fingerprint density at radius 2 is 2.00 bits per heavy atom. The van der Waals surface area contributed by atoms with Crippen LogP contribution in [0.1, 0.15) is 26.3 Å². The summed E-state index contributed by atoms with van der Waals surface area (Å²) in [5.41, 5.74) is 2.53. The van der Waals surface area contributed by atoms with Crippen molar-refractivity contribution in [2.45, 2.75) is 40.0 Å². The van der Waals surface area contributed by atoms with E-state index in [-0.39, 0.29) is 6.10 Å². The molecule has 0 aliphatic carbocycles. The molecule has 0 spiro atoms. The van der Waals surface area contributed by atoms with E-state index in [1.165, 1.54) is 16.5 Å². The van der Waals surface area contributed by atoms with Gasteiger partial charge in [0.15, 0.2) is 0 Å². The van der Waals surface area contributed by atoms with Gasteiger partial charge in [-0.1, -0.05) is 32.0 Å². The highest BCUT2D eigenvalue weighted by molar-refractivity contribution is 5.83. The van der Waals surface area contributed by atoms with E-state index in [2.05, 4.69) is 54.2 Å². The highest BCUT2D eigenvalue weighted by Gasteiger charge is 2.08. The fraction of sp³-hybridized carbons (Fsp3) is 0.500. The molecule has 0 radical (unpaired) electrons. The minimum Gasteiger partial charge on any atom is -0.392 e. The molecule has 0 saturated heterocycles. The van der Waals surface area contributed by atoms with Gasteiger partial charge in [-0.3, -0.25) is 0 Å². The third kappa shape index (κ3) is 3.58. The number of rotatable bonds is 6. The smallest absolute Gasteiger partial charge is 0.0691 e. The number of aromatic nitrogens is 1. The van der Waals surface area contributed by atoms with Gasteiger partial charge in [0.25, 0.3) is 0 Å². The fourth-order valence-corrected chi connectivity index (χ4v) is 2.42. The first kappa shape index (κ1) is 14.1. The summed E-state index contributed by atoms with van der Waals surface area (Å²) in [4.78, 5) is 0. The van der Waals surface area contributed by atoms with Crippen molar-refractivity contribution in [3.05, 3.63) is 36.0 Å². The Labute approximate surface area is 115 Å². The Kier molecular flexibility index (Phi) is 4.61. The molecule has 2 rings (SSSR count). The van der Waals surface area contributed by atoms with Gasteiger partial charge in [0.1, 0.15) is 0 Å². The molecule has 0 aliphatic rings. The Morgan fingerprint density at radius 1 is 1.21 bits per heavy atom. The lowest BCUT2D eigenvalue weighted by atomic mass is 10.1. The average molecular weight is 260 g/mol. The highest BCUT2D eigenvalue weighted by atomic mass is 16.3. The molecule has 104 valence electrons. The van der Waals surface area contributed by atoms with E-state index in [9.17, 15) is 5.11 Å². The number of aliphatic hydroxyl groups is 1.